The van der Waals surface area contributed by atoms with E-state index < -0.39 is 0 Å². The normalized spacial score (nSPS) is 10.9. The summed E-state index contributed by atoms with van der Waals surface area (Å²) in [6, 6.07) is 0. The number of carbonyl (C=O) groups is 1. The number of aryl methyl sites for hydroxylation is 1. The molecule has 0 spiro atoms. The molecule has 0 aliphatic rings. The maximum absolute atomic E-state index is 10.7. The van der Waals surface area contributed by atoms with Crippen molar-refractivity contribution in [1.82, 2.24) is 15.0 Å². The molecule has 0 radical (unpaired) electrons. The monoisotopic (exact) mass is 211 g/mol. The summed E-state index contributed by atoms with van der Waals surface area (Å²) in [4.78, 5) is 17.0. The zero-order valence-electron chi connectivity index (χ0n) is 9.49. The Hall–Kier alpha value is -1.23. The minimum Gasteiger partial charge on any atom is -0.339 e. The van der Waals surface area contributed by atoms with Crippen molar-refractivity contribution in [2.45, 2.75) is 26.2 Å². The number of likely N-dealkylation sites (N-methyl/N-ethyl adjacent to an activating group) is 1. The maximum Gasteiger partial charge on any atom is 0.227 e. The van der Waals surface area contributed by atoms with E-state index in [0.29, 0.717) is 24.6 Å². The van der Waals surface area contributed by atoms with Crippen LogP contribution in [0.1, 0.15) is 25.1 Å². The van der Waals surface area contributed by atoms with Crippen LogP contribution in [0.5, 0.6) is 0 Å². The molecule has 1 rings (SSSR count). The first-order chi connectivity index (χ1) is 7.08. The Balaban J connectivity index is 2.38. The second-order valence-electron chi connectivity index (χ2n) is 3.86. The van der Waals surface area contributed by atoms with Crippen molar-refractivity contribution >= 4 is 5.78 Å². The summed E-state index contributed by atoms with van der Waals surface area (Å²) in [5.74, 6) is 1.41. The van der Waals surface area contributed by atoms with E-state index in [-0.39, 0.29) is 5.78 Å². The van der Waals surface area contributed by atoms with Gasteiger partial charge in [-0.05, 0) is 21.0 Å². The van der Waals surface area contributed by atoms with Gasteiger partial charge in [0.2, 0.25) is 5.89 Å². The van der Waals surface area contributed by atoms with E-state index in [1.54, 1.807) is 6.92 Å². The van der Waals surface area contributed by atoms with E-state index in [4.69, 9.17) is 4.52 Å². The molecule has 1 aromatic heterocycles. The van der Waals surface area contributed by atoms with Gasteiger partial charge in [0.05, 0.1) is 0 Å². The summed E-state index contributed by atoms with van der Waals surface area (Å²) in [7, 11) is 3.99. The molecule has 1 aromatic rings. The van der Waals surface area contributed by atoms with Gasteiger partial charge >= 0.3 is 0 Å². The van der Waals surface area contributed by atoms with Crippen molar-refractivity contribution in [3.05, 3.63) is 11.7 Å². The third kappa shape index (κ3) is 4.69. The summed E-state index contributed by atoms with van der Waals surface area (Å²) in [6.07, 6.45) is 1.79. The highest BCUT2D eigenvalue weighted by molar-refractivity contribution is 5.75. The van der Waals surface area contributed by atoms with Crippen LogP contribution in [-0.4, -0.2) is 41.5 Å². The number of aromatic nitrogens is 2. The number of hydrogen-bond donors (Lipinski definition) is 0. The quantitative estimate of drug-likeness (QED) is 0.693. The number of nitrogens with zero attached hydrogens (tertiary/aromatic N) is 3. The van der Waals surface area contributed by atoms with Gasteiger partial charge < -0.3 is 14.2 Å². The molecular formula is C10H17N3O2. The van der Waals surface area contributed by atoms with Crippen molar-refractivity contribution < 1.29 is 9.32 Å². The van der Waals surface area contributed by atoms with E-state index >= 15 is 0 Å². The number of rotatable bonds is 6. The fourth-order valence-electron chi connectivity index (χ4n) is 1.10. The lowest BCUT2D eigenvalue weighted by Gasteiger charge is -2.05. The topological polar surface area (TPSA) is 59.2 Å². The number of hydrogen-bond acceptors (Lipinski definition) is 5. The van der Waals surface area contributed by atoms with Crippen molar-refractivity contribution in [3.63, 3.8) is 0 Å². The molecular weight excluding hydrogens is 194 g/mol. The van der Waals surface area contributed by atoms with Crippen LogP contribution in [0.15, 0.2) is 4.52 Å². The molecule has 5 heteroatoms. The average molecular weight is 211 g/mol. The molecule has 0 N–H and O–H groups in total. The lowest BCUT2D eigenvalue weighted by molar-refractivity contribution is -0.117. The molecule has 84 valence electrons. The summed E-state index contributed by atoms with van der Waals surface area (Å²) in [5, 5.41) is 3.84. The Morgan fingerprint density at radius 3 is 2.73 bits per heavy atom. The van der Waals surface area contributed by atoms with Gasteiger partial charge in [-0.2, -0.15) is 4.98 Å². The minimum absolute atomic E-state index is 0.142. The molecule has 1 heterocycles. The third-order valence-corrected chi connectivity index (χ3v) is 1.98. The molecule has 5 nitrogen and oxygen atoms in total. The molecule has 0 saturated heterocycles. The van der Waals surface area contributed by atoms with Crippen molar-refractivity contribution in [2.75, 3.05) is 20.6 Å². The lowest BCUT2D eigenvalue weighted by Crippen LogP contribution is -2.15. The third-order valence-electron chi connectivity index (χ3n) is 1.98. The SMILES string of the molecule is CC(=O)CCc1nc(CCN(C)C)no1. The predicted octanol–water partition coefficient (Wildman–Crippen LogP) is 0.695. The summed E-state index contributed by atoms with van der Waals surface area (Å²) in [6.45, 7) is 2.45. The van der Waals surface area contributed by atoms with Crippen molar-refractivity contribution in [3.8, 4) is 0 Å². The Labute approximate surface area is 89.5 Å². The fourth-order valence-corrected chi connectivity index (χ4v) is 1.10. The number of ketones is 1. The molecule has 0 fully saturated rings. The molecule has 15 heavy (non-hydrogen) atoms. The predicted molar refractivity (Wildman–Crippen MR) is 55.6 cm³/mol. The molecule has 0 saturated carbocycles. The highest BCUT2D eigenvalue weighted by Crippen LogP contribution is 2.02. The van der Waals surface area contributed by atoms with Crippen LogP contribution in [0.3, 0.4) is 0 Å². The van der Waals surface area contributed by atoms with Gasteiger partial charge in [-0.1, -0.05) is 5.16 Å². The van der Waals surface area contributed by atoms with Gasteiger partial charge in [0.15, 0.2) is 5.82 Å². The van der Waals surface area contributed by atoms with E-state index in [0.717, 1.165) is 13.0 Å². The summed E-state index contributed by atoms with van der Waals surface area (Å²) >= 11 is 0. The van der Waals surface area contributed by atoms with Crippen LogP contribution in [0.25, 0.3) is 0 Å². The minimum atomic E-state index is 0.142. The van der Waals surface area contributed by atoms with Crippen LogP contribution < -0.4 is 0 Å². The van der Waals surface area contributed by atoms with E-state index in [2.05, 4.69) is 15.0 Å². The van der Waals surface area contributed by atoms with E-state index in [1.807, 2.05) is 14.1 Å². The highest BCUT2D eigenvalue weighted by atomic mass is 16.5. The first-order valence-corrected chi connectivity index (χ1v) is 5.03. The molecule has 0 bridgehead atoms. The van der Waals surface area contributed by atoms with Gasteiger partial charge in [-0.3, -0.25) is 0 Å². The smallest absolute Gasteiger partial charge is 0.227 e. The van der Waals surface area contributed by atoms with Gasteiger partial charge in [0, 0.05) is 25.8 Å². The van der Waals surface area contributed by atoms with Gasteiger partial charge in [0.25, 0.3) is 0 Å². The van der Waals surface area contributed by atoms with E-state index in [9.17, 15) is 4.79 Å². The van der Waals surface area contributed by atoms with Gasteiger partial charge in [-0.15, -0.1) is 0 Å². The van der Waals surface area contributed by atoms with Crippen LogP contribution in [0.4, 0.5) is 0 Å². The van der Waals surface area contributed by atoms with E-state index in [1.165, 1.54) is 0 Å². The Morgan fingerprint density at radius 2 is 2.13 bits per heavy atom. The molecule has 0 aromatic carbocycles. The van der Waals surface area contributed by atoms with Crippen molar-refractivity contribution in [1.29, 1.82) is 0 Å². The lowest BCUT2D eigenvalue weighted by atomic mass is 10.2. The summed E-state index contributed by atoms with van der Waals surface area (Å²) in [5.41, 5.74) is 0. The molecule has 0 unspecified atom stereocenters. The van der Waals surface area contributed by atoms with Gasteiger partial charge in [-0.25, -0.2) is 0 Å². The number of carbonyl (C=O) groups excluding carboxylic acids is 1. The standard InChI is InChI=1S/C10H17N3O2/c1-8(14)4-5-10-11-9(12-15-10)6-7-13(2)3/h4-7H2,1-3H3. The zero-order valence-corrected chi connectivity index (χ0v) is 9.49. The Bertz CT molecular complexity index is 320. The molecule has 0 amide bonds. The van der Waals surface area contributed by atoms with Crippen LogP contribution in [-0.2, 0) is 17.6 Å². The largest absolute Gasteiger partial charge is 0.339 e. The Kier molecular flexibility index (Phi) is 4.42. The molecule has 0 aliphatic heterocycles. The number of Topliss-reactive ketones (excluding diaryl/α,β-unsaturated/α-hetero) is 1. The molecule has 0 aliphatic carbocycles. The van der Waals surface area contributed by atoms with Crippen LogP contribution in [0, 0.1) is 0 Å². The van der Waals surface area contributed by atoms with Crippen LogP contribution in [0.2, 0.25) is 0 Å². The average Bonchev–Trinajstić information content (AvgIpc) is 2.59. The summed E-state index contributed by atoms with van der Waals surface area (Å²) < 4.78 is 5.02. The Morgan fingerprint density at radius 1 is 1.40 bits per heavy atom. The maximum atomic E-state index is 10.7. The zero-order chi connectivity index (χ0) is 11.3. The second-order valence-corrected chi connectivity index (χ2v) is 3.86. The first kappa shape index (κ1) is 11.8. The molecule has 0 atom stereocenters. The fraction of sp³-hybridized carbons (Fsp3) is 0.700. The first-order valence-electron chi connectivity index (χ1n) is 5.03. The van der Waals surface area contributed by atoms with Crippen LogP contribution >= 0.6 is 0 Å². The second kappa shape index (κ2) is 5.60. The van der Waals surface area contributed by atoms with Gasteiger partial charge in [0.1, 0.15) is 5.78 Å². The highest BCUT2D eigenvalue weighted by Gasteiger charge is 2.07. The van der Waals surface area contributed by atoms with Crippen molar-refractivity contribution in [2.24, 2.45) is 0 Å².